The average Bonchev–Trinajstić information content (AvgIpc) is 2.27. The lowest BCUT2D eigenvalue weighted by atomic mass is 10.2. The van der Waals surface area contributed by atoms with Gasteiger partial charge in [-0.1, -0.05) is 0 Å². The first-order chi connectivity index (χ1) is 7.91. The van der Waals surface area contributed by atoms with Crippen LogP contribution in [0.3, 0.4) is 0 Å². The molecule has 0 aliphatic carbocycles. The van der Waals surface area contributed by atoms with Crippen LogP contribution in [0, 0.1) is 0 Å². The number of likely N-dealkylation sites (N-methyl/N-ethyl adjacent to an activating group) is 1. The number of aliphatic carboxylic acids is 1. The summed E-state index contributed by atoms with van der Waals surface area (Å²) in [7, 11) is 1.50. The highest BCUT2D eigenvalue weighted by Crippen LogP contribution is 2.17. The van der Waals surface area contributed by atoms with E-state index < -0.39 is 24.3 Å². The number of nitrogens with zero attached hydrogens (tertiary/aromatic N) is 1. The molecule has 0 spiro atoms. The third kappa shape index (κ3) is 3.46. The molecule has 1 atom stereocenters. The zero-order valence-corrected chi connectivity index (χ0v) is 9.33. The van der Waals surface area contributed by atoms with Crippen LogP contribution < -0.4 is 10.6 Å². The highest BCUT2D eigenvalue weighted by Gasteiger charge is 2.21. The third-order valence-corrected chi connectivity index (χ3v) is 2.28. The van der Waals surface area contributed by atoms with E-state index in [2.05, 4.69) is 0 Å². The van der Waals surface area contributed by atoms with Crippen LogP contribution in [0.25, 0.3) is 0 Å². The van der Waals surface area contributed by atoms with Gasteiger partial charge < -0.3 is 20.8 Å². The largest absolute Gasteiger partial charge is 0.508 e. The standard InChI is InChI=1S/C11H14N2O4/c1-13(7-2-4-8(14)5-3-7)11(17)9(12)6-10(15)16/h2-5,9,14H,6,12H2,1H3,(H,15,16). The first-order valence-corrected chi connectivity index (χ1v) is 4.96. The van der Waals surface area contributed by atoms with Gasteiger partial charge >= 0.3 is 5.97 Å². The molecule has 0 bridgehead atoms. The third-order valence-electron chi connectivity index (χ3n) is 2.28. The van der Waals surface area contributed by atoms with Crippen LogP contribution in [0.4, 0.5) is 5.69 Å². The van der Waals surface area contributed by atoms with Crippen molar-refractivity contribution in [3.8, 4) is 5.75 Å². The molecule has 17 heavy (non-hydrogen) atoms. The molecule has 1 rings (SSSR count). The van der Waals surface area contributed by atoms with Crippen LogP contribution in [0.2, 0.25) is 0 Å². The van der Waals surface area contributed by atoms with Crippen molar-refractivity contribution < 1.29 is 19.8 Å². The second-order valence-corrected chi connectivity index (χ2v) is 3.62. The summed E-state index contributed by atoms with van der Waals surface area (Å²) in [5.41, 5.74) is 6.00. The van der Waals surface area contributed by atoms with Crippen molar-refractivity contribution in [1.82, 2.24) is 0 Å². The number of phenolic OH excluding ortho intramolecular Hbond substituents is 1. The molecule has 6 nitrogen and oxygen atoms in total. The number of hydrogen-bond donors (Lipinski definition) is 3. The molecule has 4 N–H and O–H groups in total. The van der Waals surface area contributed by atoms with E-state index in [0.717, 1.165) is 0 Å². The topological polar surface area (TPSA) is 104 Å². The van der Waals surface area contributed by atoms with Gasteiger partial charge in [0.2, 0.25) is 5.91 Å². The van der Waals surface area contributed by atoms with E-state index in [1.165, 1.54) is 24.1 Å². The predicted octanol–water partition coefficient (Wildman–Crippen LogP) is 0.157. The molecule has 0 aromatic heterocycles. The molecule has 0 saturated carbocycles. The lowest BCUT2D eigenvalue weighted by molar-refractivity contribution is -0.139. The van der Waals surface area contributed by atoms with Gasteiger partial charge in [0.1, 0.15) is 5.75 Å². The van der Waals surface area contributed by atoms with Crippen molar-refractivity contribution >= 4 is 17.6 Å². The number of aromatic hydroxyl groups is 1. The van der Waals surface area contributed by atoms with Gasteiger partial charge in [0.25, 0.3) is 0 Å². The number of nitrogens with two attached hydrogens (primary N) is 1. The molecule has 0 heterocycles. The average molecular weight is 238 g/mol. The van der Waals surface area contributed by atoms with Gasteiger partial charge in [-0.3, -0.25) is 9.59 Å². The Labute approximate surface area is 98.3 Å². The van der Waals surface area contributed by atoms with E-state index >= 15 is 0 Å². The number of carbonyl (C=O) groups is 2. The molecule has 0 radical (unpaired) electrons. The fourth-order valence-corrected chi connectivity index (χ4v) is 1.33. The number of carboxylic acid groups (broad SMARTS) is 1. The maximum absolute atomic E-state index is 11.7. The van der Waals surface area contributed by atoms with Gasteiger partial charge in [-0.15, -0.1) is 0 Å². The molecule has 1 unspecified atom stereocenters. The number of rotatable bonds is 4. The van der Waals surface area contributed by atoms with Crippen molar-refractivity contribution in [2.75, 3.05) is 11.9 Å². The molecular weight excluding hydrogens is 224 g/mol. The highest BCUT2D eigenvalue weighted by atomic mass is 16.4. The number of phenols is 1. The molecule has 1 aromatic rings. The van der Waals surface area contributed by atoms with E-state index in [-0.39, 0.29) is 5.75 Å². The van der Waals surface area contributed by atoms with E-state index in [4.69, 9.17) is 15.9 Å². The fraction of sp³-hybridized carbons (Fsp3) is 0.273. The van der Waals surface area contributed by atoms with Crippen LogP contribution in [-0.4, -0.2) is 35.2 Å². The normalized spacial score (nSPS) is 11.9. The second kappa shape index (κ2) is 5.31. The summed E-state index contributed by atoms with van der Waals surface area (Å²) in [6.07, 6.45) is -0.415. The van der Waals surface area contributed by atoms with E-state index in [9.17, 15) is 9.59 Å². The summed E-state index contributed by atoms with van der Waals surface area (Å²) in [5.74, 6) is -1.52. The molecule has 0 saturated heterocycles. The molecule has 6 heteroatoms. The minimum Gasteiger partial charge on any atom is -0.508 e. The first-order valence-electron chi connectivity index (χ1n) is 4.96. The van der Waals surface area contributed by atoms with E-state index in [1.807, 2.05) is 0 Å². The second-order valence-electron chi connectivity index (χ2n) is 3.62. The smallest absolute Gasteiger partial charge is 0.305 e. The Morgan fingerprint density at radius 3 is 2.35 bits per heavy atom. The highest BCUT2D eigenvalue weighted by molar-refractivity contribution is 5.98. The van der Waals surface area contributed by atoms with Crippen molar-refractivity contribution in [3.05, 3.63) is 24.3 Å². The maximum Gasteiger partial charge on any atom is 0.305 e. The number of anilines is 1. The van der Waals surface area contributed by atoms with E-state index in [0.29, 0.717) is 5.69 Å². The zero-order valence-electron chi connectivity index (χ0n) is 9.33. The van der Waals surface area contributed by atoms with Gasteiger partial charge in [0.15, 0.2) is 0 Å². The zero-order chi connectivity index (χ0) is 13.0. The lowest BCUT2D eigenvalue weighted by Crippen LogP contribution is -2.43. The van der Waals surface area contributed by atoms with Crippen molar-refractivity contribution in [2.45, 2.75) is 12.5 Å². The van der Waals surface area contributed by atoms with Gasteiger partial charge in [-0.05, 0) is 24.3 Å². The summed E-state index contributed by atoms with van der Waals surface area (Å²) in [6, 6.07) is 4.87. The van der Waals surface area contributed by atoms with Gasteiger partial charge in [-0.2, -0.15) is 0 Å². The quantitative estimate of drug-likeness (QED) is 0.693. The Bertz CT molecular complexity index is 416. The number of hydrogen-bond acceptors (Lipinski definition) is 4. The summed E-state index contributed by atoms with van der Waals surface area (Å²) in [4.78, 5) is 23.4. The monoisotopic (exact) mass is 238 g/mol. The van der Waals surface area contributed by atoms with Crippen LogP contribution in [0.1, 0.15) is 6.42 Å². The van der Waals surface area contributed by atoms with Crippen molar-refractivity contribution in [2.24, 2.45) is 5.73 Å². The predicted molar refractivity (Wildman–Crippen MR) is 61.7 cm³/mol. The van der Waals surface area contributed by atoms with Crippen LogP contribution >= 0.6 is 0 Å². The number of amides is 1. The molecule has 1 amide bonds. The van der Waals surface area contributed by atoms with Gasteiger partial charge in [-0.25, -0.2) is 0 Å². The van der Waals surface area contributed by atoms with Crippen LogP contribution in [-0.2, 0) is 9.59 Å². The Hall–Kier alpha value is -2.08. The summed E-state index contributed by atoms with van der Waals surface area (Å²) >= 11 is 0. The lowest BCUT2D eigenvalue weighted by Gasteiger charge is -2.20. The summed E-state index contributed by atoms with van der Waals surface area (Å²) in [5, 5.41) is 17.6. The molecular formula is C11H14N2O4. The first kappa shape index (κ1) is 13.0. The SMILES string of the molecule is CN(C(=O)C(N)CC(=O)O)c1ccc(O)cc1. The number of carboxylic acids is 1. The molecule has 1 aromatic carbocycles. The maximum atomic E-state index is 11.7. The van der Waals surface area contributed by atoms with Crippen LogP contribution in [0.15, 0.2) is 24.3 Å². The van der Waals surface area contributed by atoms with Crippen molar-refractivity contribution in [3.63, 3.8) is 0 Å². The molecule has 0 fully saturated rings. The molecule has 0 aliphatic rings. The summed E-state index contributed by atoms with van der Waals surface area (Å²) in [6.45, 7) is 0. The minimum atomic E-state index is -1.12. The minimum absolute atomic E-state index is 0.0874. The van der Waals surface area contributed by atoms with Crippen molar-refractivity contribution in [1.29, 1.82) is 0 Å². The Balaban J connectivity index is 2.75. The fourth-order valence-electron chi connectivity index (χ4n) is 1.33. The Morgan fingerprint density at radius 1 is 1.35 bits per heavy atom. The Morgan fingerprint density at radius 2 is 1.88 bits per heavy atom. The van der Waals surface area contributed by atoms with Gasteiger partial charge in [0, 0.05) is 12.7 Å². The van der Waals surface area contributed by atoms with E-state index in [1.54, 1.807) is 12.1 Å². The molecule has 0 aliphatic heterocycles. The van der Waals surface area contributed by atoms with Crippen LogP contribution in [0.5, 0.6) is 5.75 Å². The van der Waals surface area contributed by atoms with Gasteiger partial charge in [0.05, 0.1) is 12.5 Å². The number of carbonyl (C=O) groups excluding carboxylic acids is 1. The Kier molecular flexibility index (Phi) is 4.06. The molecule has 92 valence electrons. The number of benzene rings is 1. The summed E-state index contributed by atoms with van der Waals surface area (Å²) < 4.78 is 0.